The van der Waals surface area contributed by atoms with Gasteiger partial charge in [0, 0.05) is 5.41 Å². The maximum absolute atomic E-state index is 11.8. The molecule has 0 radical (unpaired) electrons. The van der Waals surface area contributed by atoms with E-state index in [0.717, 1.165) is 11.5 Å². The van der Waals surface area contributed by atoms with Gasteiger partial charge in [0.25, 0.3) is 5.91 Å². The smallest absolute Gasteiger partial charge is 0.265 e. The lowest BCUT2D eigenvalue weighted by atomic mass is 9.91. The minimum absolute atomic E-state index is 0.227. The van der Waals surface area contributed by atoms with Crippen molar-refractivity contribution < 1.29 is 4.79 Å². The minimum atomic E-state index is -0.512. The summed E-state index contributed by atoms with van der Waals surface area (Å²) in [6, 6.07) is 1.44. The van der Waals surface area contributed by atoms with Crippen LogP contribution in [0.5, 0.6) is 0 Å². The third kappa shape index (κ3) is 2.76. The predicted octanol–water partition coefficient (Wildman–Crippen LogP) is 1.48. The zero-order valence-corrected chi connectivity index (χ0v) is 10.6. The SMILES string of the molecule is CC(C#N)NC(=O)c1snnc1C(C)(C)C. The van der Waals surface area contributed by atoms with Crippen LogP contribution in [0.15, 0.2) is 0 Å². The van der Waals surface area contributed by atoms with E-state index in [1.54, 1.807) is 6.92 Å². The summed E-state index contributed by atoms with van der Waals surface area (Å²) in [4.78, 5) is 12.3. The standard InChI is InChI=1S/C10H14N4OS/c1-6(5-11)12-9(15)7-8(10(2,3)4)13-14-16-7/h6H,1-4H3,(H,12,15). The van der Waals surface area contributed by atoms with Crippen molar-refractivity contribution in [3.05, 3.63) is 10.6 Å². The molecule has 0 spiro atoms. The Labute approximate surface area is 98.6 Å². The summed E-state index contributed by atoms with van der Waals surface area (Å²) in [7, 11) is 0. The molecule has 0 bridgehead atoms. The van der Waals surface area contributed by atoms with Crippen LogP contribution >= 0.6 is 11.5 Å². The first-order valence-electron chi connectivity index (χ1n) is 4.89. The summed E-state index contributed by atoms with van der Waals surface area (Å²) in [5.74, 6) is -0.283. The van der Waals surface area contributed by atoms with Crippen LogP contribution in [-0.4, -0.2) is 21.5 Å². The molecule has 1 heterocycles. The monoisotopic (exact) mass is 238 g/mol. The molecule has 1 aromatic rings. The lowest BCUT2D eigenvalue weighted by Gasteiger charge is -2.16. The van der Waals surface area contributed by atoms with Gasteiger partial charge in [-0.05, 0) is 18.5 Å². The highest BCUT2D eigenvalue weighted by Gasteiger charge is 2.26. The van der Waals surface area contributed by atoms with Gasteiger partial charge < -0.3 is 5.32 Å². The molecule has 6 heteroatoms. The van der Waals surface area contributed by atoms with E-state index >= 15 is 0 Å². The predicted molar refractivity (Wildman–Crippen MR) is 61.2 cm³/mol. The second kappa shape index (κ2) is 4.58. The van der Waals surface area contributed by atoms with E-state index in [4.69, 9.17) is 5.26 Å². The molecule has 0 saturated carbocycles. The Balaban J connectivity index is 2.94. The van der Waals surface area contributed by atoms with E-state index in [9.17, 15) is 4.79 Å². The van der Waals surface area contributed by atoms with Crippen molar-refractivity contribution in [2.75, 3.05) is 0 Å². The first-order chi connectivity index (χ1) is 7.36. The Kier molecular flexibility index (Phi) is 3.60. The normalized spacial score (nSPS) is 12.9. The maximum Gasteiger partial charge on any atom is 0.265 e. The topological polar surface area (TPSA) is 78.7 Å². The van der Waals surface area contributed by atoms with Crippen molar-refractivity contribution in [2.24, 2.45) is 0 Å². The molecular formula is C10H14N4OS. The fraction of sp³-hybridized carbons (Fsp3) is 0.600. The Morgan fingerprint density at radius 2 is 2.19 bits per heavy atom. The molecular weight excluding hydrogens is 224 g/mol. The van der Waals surface area contributed by atoms with Crippen LogP contribution in [0.2, 0.25) is 0 Å². The molecule has 1 unspecified atom stereocenters. The van der Waals surface area contributed by atoms with Crippen LogP contribution in [0.4, 0.5) is 0 Å². The largest absolute Gasteiger partial charge is 0.336 e. The van der Waals surface area contributed by atoms with Crippen LogP contribution in [0, 0.1) is 11.3 Å². The van der Waals surface area contributed by atoms with Crippen molar-refractivity contribution in [2.45, 2.75) is 39.2 Å². The highest BCUT2D eigenvalue weighted by atomic mass is 32.1. The van der Waals surface area contributed by atoms with Gasteiger partial charge in [0.1, 0.15) is 10.9 Å². The van der Waals surface area contributed by atoms with Crippen LogP contribution < -0.4 is 5.32 Å². The number of amides is 1. The molecule has 0 aliphatic rings. The number of hydrogen-bond donors (Lipinski definition) is 1. The van der Waals surface area contributed by atoms with Gasteiger partial charge in [-0.1, -0.05) is 25.3 Å². The summed E-state index contributed by atoms with van der Waals surface area (Å²) in [6.45, 7) is 7.53. The van der Waals surface area contributed by atoms with E-state index in [-0.39, 0.29) is 11.3 Å². The van der Waals surface area contributed by atoms with Crippen LogP contribution in [0.3, 0.4) is 0 Å². The van der Waals surface area contributed by atoms with Gasteiger partial charge in [0.15, 0.2) is 0 Å². The first kappa shape index (κ1) is 12.6. The second-order valence-corrected chi connectivity index (χ2v) is 5.28. The Morgan fingerprint density at radius 3 is 2.69 bits per heavy atom. The molecule has 1 atom stereocenters. The summed E-state index contributed by atoms with van der Waals surface area (Å²) >= 11 is 1.05. The quantitative estimate of drug-likeness (QED) is 0.846. The Bertz CT molecular complexity index is 427. The zero-order valence-electron chi connectivity index (χ0n) is 9.74. The third-order valence-electron chi connectivity index (χ3n) is 1.95. The Hall–Kier alpha value is -1.48. The minimum Gasteiger partial charge on any atom is -0.336 e. The molecule has 1 N–H and O–H groups in total. The van der Waals surface area contributed by atoms with E-state index in [2.05, 4.69) is 14.9 Å². The second-order valence-electron chi connectivity index (χ2n) is 4.52. The molecule has 0 aliphatic heterocycles. The van der Waals surface area contributed by atoms with Gasteiger partial charge in [-0.25, -0.2) is 0 Å². The fourth-order valence-corrected chi connectivity index (χ4v) is 1.90. The molecule has 0 saturated heterocycles. The number of carbonyl (C=O) groups is 1. The number of hydrogen-bond acceptors (Lipinski definition) is 5. The number of nitrogens with zero attached hydrogens (tertiary/aromatic N) is 3. The maximum atomic E-state index is 11.8. The summed E-state index contributed by atoms with van der Waals surface area (Å²) in [6.07, 6.45) is 0. The number of nitrogens with one attached hydrogen (secondary N) is 1. The zero-order chi connectivity index (χ0) is 12.3. The average molecular weight is 238 g/mol. The van der Waals surface area contributed by atoms with Gasteiger partial charge in [0.2, 0.25) is 0 Å². The van der Waals surface area contributed by atoms with E-state index in [0.29, 0.717) is 10.6 Å². The molecule has 0 fully saturated rings. The van der Waals surface area contributed by atoms with E-state index < -0.39 is 6.04 Å². The average Bonchev–Trinajstić information content (AvgIpc) is 2.65. The van der Waals surface area contributed by atoms with Crippen molar-refractivity contribution >= 4 is 17.4 Å². The van der Waals surface area contributed by atoms with Crippen molar-refractivity contribution in [3.63, 3.8) is 0 Å². The molecule has 1 amide bonds. The van der Waals surface area contributed by atoms with Crippen molar-refractivity contribution in [1.29, 1.82) is 5.26 Å². The third-order valence-corrected chi connectivity index (χ3v) is 2.67. The van der Waals surface area contributed by atoms with Crippen LogP contribution in [0.25, 0.3) is 0 Å². The Morgan fingerprint density at radius 1 is 1.56 bits per heavy atom. The highest BCUT2D eigenvalue weighted by molar-refractivity contribution is 7.08. The van der Waals surface area contributed by atoms with E-state index in [1.165, 1.54) is 0 Å². The molecule has 0 aromatic carbocycles. The summed E-state index contributed by atoms with van der Waals surface area (Å²) in [5.41, 5.74) is 0.440. The molecule has 16 heavy (non-hydrogen) atoms. The van der Waals surface area contributed by atoms with Crippen LogP contribution in [-0.2, 0) is 5.41 Å². The van der Waals surface area contributed by atoms with E-state index in [1.807, 2.05) is 26.8 Å². The molecule has 1 rings (SSSR count). The number of nitriles is 1. The van der Waals surface area contributed by atoms with Gasteiger partial charge in [-0.3, -0.25) is 4.79 Å². The first-order valence-corrected chi connectivity index (χ1v) is 5.67. The number of rotatable bonds is 2. The van der Waals surface area contributed by atoms with Gasteiger partial charge in [-0.15, -0.1) is 5.10 Å². The van der Waals surface area contributed by atoms with Crippen molar-refractivity contribution in [3.8, 4) is 6.07 Å². The lowest BCUT2D eigenvalue weighted by Crippen LogP contribution is -2.32. The number of carbonyl (C=O) groups excluding carboxylic acids is 1. The molecule has 1 aromatic heterocycles. The van der Waals surface area contributed by atoms with Crippen molar-refractivity contribution in [1.82, 2.24) is 14.9 Å². The summed E-state index contributed by atoms with van der Waals surface area (Å²) < 4.78 is 3.79. The molecule has 5 nitrogen and oxygen atoms in total. The van der Waals surface area contributed by atoms with Gasteiger partial charge >= 0.3 is 0 Å². The van der Waals surface area contributed by atoms with Crippen LogP contribution in [0.1, 0.15) is 43.1 Å². The lowest BCUT2D eigenvalue weighted by molar-refractivity contribution is 0.0949. The van der Waals surface area contributed by atoms with Gasteiger partial charge in [0.05, 0.1) is 11.8 Å². The molecule has 0 aliphatic carbocycles. The number of aromatic nitrogens is 2. The van der Waals surface area contributed by atoms with Gasteiger partial charge in [-0.2, -0.15) is 5.26 Å². The summed E-state index contributed by atoms with van der Waals surface area (Å²) in [5, 5.41) is 15.2. The highest BCUT2D eigenvalue weighted by Crippen LogP contribution is 2.25. The molecule has 86 valence electrons. The fourth-order valence-electron chi connectivity index (χ4n) is 1.12.